The summed E-state index contributed by atoms with van der Waals surface area (Å²) in [5.74, 6) is 1.84. The number of hydrogen-bond donors (Lipinski definition) is 0. The third kappa shape index (κ3) is 4.60. The standard InChI is InChI=1S/C45H28N4O/c1-4-14-29(15-5-1)33-26-39(49-37-22-12-10-20-34(37)35-21-11-13-23-38(35)49)42-36-25-24-32(27-40(36)50-41(42)28-33)45-47-43(30-16-6-2-7-17-30)46-44(48-45)31-18-8-3-9-19-31/h1-28H. The Labute approximate surface area is 287 Å². The van der Waals surface area contributed by atoms with E-state index in [1.165, 1.54) is 10.8 Å². The second kappa shape index (κ2) is 11.4. The van der Waals surface area contributed by atoms with Gasteiger partial charge in [0, 0.05) is 32.8 Å². The summed E-state index contributed by atoms with van der Waals surface area (Å²) in [5.41, 5.74) is 9.91. The van der Waals surface area contributed by atoms with E-state index in [2.05, 4.69) is 108 Å². The average Bonchev–Trinajstić information content (AvgIpc) is 3.74. The summed E-state index contributed by atoms with van der Waals surface area (Å²) in [6.45, 7) is 0. The highest BCUT2D eigenvalue weighted by Crippen LogP contribution is 2.42. The molecule has 0 saturated heterocycles. The Kier molecular flexibility index (Phi) is 6.42. The van der Waals surface area contributed by atoms with Gasteiger partial charge in [-0.15, -0.1) is 0 Å². The van der Waals surface area contributed by atoms with E-state index in [-0.39, 0.29) is 0 Å². The van der Waals surface area contributed by atoms with Crippen LogP contribution in [0.2, 0.25) is 0 Å². The highest BCUT2D eigenvalue weighted by Gasteiger charge is 2.20. The lowest BCUT2D eigenvalue weighted by molar-refractivity contribution is 0.669. The maximum Gasteiger partial charge on any atom is 0.164 e. The van der Waals surface area contributed by atoms with Crippen LogP contribution in [-0.2, 0) is 0 Å². The molecule has 0 radical (unpaired) electrons. The zero-order chi connectivity index (χ0) is 33.0. The van der Waals surface area contributed by atoms with Crippen molar-refractivity contribution in [2.45, 2.75) is 0 Å². The lowest BCUT2D eigenvalue weighted by Gasteiger charge is -2.12. The first kappa shape index (κ1) is 28.2. The van der Waals surface area contributed by atoms with Crippen molar-refractivity contribution >= 4 is 43.7 Å². The number of rotatable bonds is 5. The van der Waals surface area contributed by atoms with E-state index in [9.17, 15) is 0 Å². The normalized spacial score (nSPS) is 11.6. The van der Waals surface area contributed by atoms with Crippen molar-refractivity contribution < 1.29 is 4.42 Å². The Morgan fingerprint density at radius 3 is 1.42 bits per heavy atom. The molecule has 0 bridgehead atoms. The molecule has 5 nitrogen and oxygen atoms in total. The van der Waals surface area contributed by atoms with Gasteiger partial charge in [-0.25, -0.2) is 15.0 Å². The molecule has 0 aliphatic heterocycles. The number of para-hydroxylation sites is 2. The van der Waals surface area contributed by atoms with E-state index in [0.717, 1.165) is 66.5 Å². The third-order valence-electron chi connectivity index (χ3n) is 9.44. The van der Waals surface area contributed by atoms with Crippen molar-refractivity contribution in [2.24, 2.45) is 0 Å². The molecular formula is C45H28N4O. The van der Waals surface area contributed by atoms with Crippen LogP contribution in [-0.4, -0.2) is 19.5 Å². The molecule has 7 aromatic carbocycles. The Hall–Kier alpha value is -6.85. The molecule has 0 atom stereocenters. The van der Waals surface area contributed by atoms with Crippen molar-refractivity contribution in [3.63, 3.8) is 0 Å². The first-order valence-electron chi connectivity index (χ1n) is 16.7. The molecule has 0 spiro atoms. The molecule has 10 aromatic rings. The number of fused-ring (bicyclic) bond motifs is 6. The quantitative estimate of drug-likeness (QED) is 0.188. The molecule has 234 valence electrons. The van der Waals surface area contributed by atoms with Crippen LogP contribution in [0.15, 0.2) is 174 Å². The lowest BCUT2D eigenvalue weighted by Crippen LogP contribution is -2.00. The predicted octanol–water partition coefficient (Wildman–Crippen LogP) is 11.5. The van der Waals surface area contributed by atoms with Crippen molar-refractivity contribution in [2.75, 3.05) is 0 Å². The van der Waals surface area contributed by atoms with E-state index in [1.54, 1.807) is 0 Å². The third-order valence-corrected chi connectivity index (χ3v) is 9.44. The molecule has 0 aliphatic carbocycles. The van der Waals surface area contributed by atoms with Crippen molar-refractivity contribution in [1.29, 1.82) is 0 Å². The summed E-state index contributed by atoms with van der Waals surface area (Å²) in [4.78, 5) is 14.8. The first-order valence-corrected chi connectivity index (χ1v) is 16.7. The number of hydrogen-bond acceptors (Lipinski definition) is 4. The maximum absolute atomic E-state index is 6.78. The Morgan fingerprint density at radius 1 is 0.360 bits per heavy atom. The minimum atomic E-state index is 0.590. The van der Waals surface area contributed by atoms with Gasteiger partial charge >= 0.3 is 0 Å². The molecule has 0 N–H and O–H groups in total. The van der Waals surface area contributed by atoms with E-state index in [1.807, 2.05) is 66.7 Å². The summed E-state index contributed by atoms with van der Waals surface area (Å²) in [6.07, 6.45) is 0. The van der Waals surface area contributed by atoms with Crippen molar-refractivity contribution in [3.05, 3.63) is 170 Å². The van der Waals surface area contributed by atoms with Crippen LogP contribution in [0.4, 0.5) is 0 Å². The average molecular weight is 641 g/mol. The van der Waals surface area contributed by atoms with Gasteiger partial charge in [-0.2, -0.15) is 0 Å². The van der Waals surface area contributed by atoms with Gasteiger partial charge in [0.25, 0.3) is 0 Å². The highest BCUT2D eigenvalue weighted by molar-refractivity contribution is 6.15. The van der Waals surface area contributed by atoms with Gasteiger partial charge in [0.1, 0.15) is 11.2 Å². The number of aromatic nitrogens is 4. The van der Waals surface area contributed by atoms with Gasteiger partial charge in [-0.1, -0.05) is 133 Å². The molecule has 0 saturated carbocycles. The van der Waals surface area contributed by atoms with Gasteiger partial charge in [0.15, 0.2) is 17.5 Å². The minimum absolute atomic E-state index is 0.590. The summed E-state index contributed by atoms with van der Waals surface area (Å²) in [7, 11) is 0. The molecule has 3 aromatic heterocycles. The molecule has 0 aliphatic rings. The van der Waals surface area contributed by atoms with Crippen LogP contribution in [0, 0.1) is 0 Å². The Balaban J connectivity index is 1.23. The second-order valence-electron chi connectivity index (χ2n) is 12.5. The molecule has 3 heterocycles. The summed E-state index contributed by atoms with van der Waals surface area (Å²) in [5, 5.41) is 4.52. The predicted molar refractivity (Wildman–Crippen MR) is 203 cm³/mol. The molecule has 0 unspecified atom stereocenters. The van der Waals surface area contributed by atoms with Gasteiger partial charge < -0.3 is 8.98 Å². The highest BCUT2D eigenvalue weighted by atomic mass is 16.3. The number of nitrogens with zero attached hydrogens (tertiary/aromatic N) is 4. The Bertz CT molecular complexity index is 2750. The topological polar surface area (TPSA) is 56.7 Å². The fourth-order valence-electron chi connectivity index (χ4n) is 7.12. The molecular weight excluding hydrogens is 613 g/mol. The number of benzene rings is 7. The second-order valence-corrected chi connectivity index (χ2v) is 12.5. The SMILES string of the molecule is c1ccc(-c2cc(-n3c4ccccc4c4ccccc43)c3c(c2)oc2cc(-c4nc(-c5ccccc5)nc(-c5ccccc5)n4)ccc23)cc1. The zero-order valence-electron chi connectivity index (χ0n) is 26.9. The fourth-order valence-corrected chi connectivity index (χ4v) is 7.12. The van der Waals surface area contributed by atoms with Crippen LogP contribution >= 0.6 is 0 Å². The molecule has 10 rings (SSSR count). The van der Waals surface area contributed by atoms with E-state index in [4.69, 9.17) is 19.4 Å². The minimum Gasteiger partial charge on any atom is -0.456 e. The molecule has 5 heteroatoms. The lowest BCUT2D eigenvalue weighted by atomic mass is 10.0. The number of furan rings is 1. The zero-order valence-corrected chi connectivity index (χ0v) is 26.9. The molecule has 50 heavy (non-hydrogen) atoms. The summed E-state index contributed by atoms with van der Waals surface area (Å²) < 4.78 is 9.17. The smallest absolute Gasteiger partial charge is 0.164 e. The van der Waals surface area contributed by atoms with E-state index < -0.39 is 0 Å². The monoisotopic (exact) mass is 640 g/mol. The Morgan fingerprint density at radius 2 is 0.840 bits per heavy atom. The van der Waals surface area contributed by atoms with Gasteiger partial charge in [0.05, 0.1) is 22.1 Å². The van der Waals surface area contributed by atoms with Crippen LogP contribution in [0.3, 0.4) is 0 Å². The van der Waals surface area contributed by atoms with E-state index >= 15 is 0 Å². The van der Waals surface area contributed by atoms with Crippen LogP contribution < -0.4 is 0 Å². The van der Waals surface area contributed by atoms with E-state index in [0.29, 0.717) is 17.5 Å². The van der Waals surface area contributed by atoms with Crippen molar-refractivity contribution in [3.8, 4) is 51.0 Å². The van der Waals surface area contributed by atoms with Crippen LogP contribution in [0.25, 0.3) is 94.7 Å². The molecule has 0 amide bonds. The fraction of sp³-hybridized carbons (Fsp3) is 0. The maximum atomic E-state index is 6.78. The first-order chi connectivity index (χ1) is 24.8. The van der Waals surface area contributed by atoms with Gasteiger partial charge in [0.2, 0.25) is 0 Å². The van der Waals surface area contributed by atoms with Crippen LogP contribution in [0.1, 0.15) is 0 Å². The van der Waals surface area contributed by atoms with Gasteiger partial charge in [-0.05, 0) is 47.5 Å². The summed E-state index contributed by atoms with van der Waals surface area (Å²) in [6, 6.07) is 58.6. The van der Waals surface area contributed by atoms with Gasteiger partial charge in [-0.3, -0.25) is 0 Å². The summed E-state index contributed by atoms with van der Waals surface area (Å²) >= 11 is 0. The van der Waals surface area contributed by atoms with Crippen molar-refractivity contribution in [1.82, 2.24) is 19.5 Å². The largest absolute Gasteiger partial charge is 0.456 e. The molecule has 0 fully saturated rings. The van der Waals surface area contributed by atoms with Crippen LogP contribution in [0.5, 0.6) is 0 Å².